The predicted octanol–water partition coefficient (Wildman–Crippen LogP) is 5.78. The van der Waals surface area contributed by atoms with E-state index in [-0.39, 0.29) is 30.4 Å². The molecule has 0 unspecified atom stereocenters. The Hall–Kier alpha value is -3.00. The van der Waals surface area contributed by atoms with Crippen LogP contribution in [0.3, 0.4) is 0 Å². The molecule has 8 nitrogen and oxygen atoms in total. The van der Waals surface area contributed by atoms with Gasteiger partial charge in [0, 0.05) is 12.1 Å². The lowest BCUT2D eigenvalue weighted by Gasteiger charge is -2.12. The molecule has 3 aromatic rings. The van der Waals surface area contributed by atoms with Gasteiger partial charge < -0.3 is 10.1 Å². The Morgan fingerprint density at radius 3 is 2.20 bits per heavy atom. The summed E-state index contributed by atoms with van der Waals surface area (Å²) in [5.74, 6) is 0.300. The van der Waals surface area contributed by atoms with Crippen LogP contribution in [0.15, 0.2) is 66.4 Å². The highest BCUT2D eigenvalue weighted by molar-refractivity contribution is 14.1. The number of ether oxygens (including phenoxy) is 1. The van der Waals surface area contributed by atoms with Crippen molar-refractivity contribution in [2.45, 2.75) is 20.1 Å². The summed E-state index contributed by atoms with van der Waals surface area (Å²) in [6, 6.07) is 17.2. The predicted molar refractivity (Wildman–Crippen MR) is 148 cm³/mol. The van der Waals surface area contributed by atoms with Crippen molar-refractivity contribution in [1.82, 2.24) is 10.2 Å². The molecule has 0 saturated carbocycles. The van der Waals surface area contributed by atoms with Gasteiger partial charge >= 0.3 is 6.03 Å². The van der Waals surface area contributed by atoms with Crippen LogP contribution in [0.25, 0.3) is 6.08 Å². The van der Waals surface area contributed by atoms with Crippen LogP contribution in [0.1, 0.15) is 22.3 Å². The lowest BCUT2D eigenvalue weighted by molar-refractivity contribution is -0.384. The van der Waals surface area contributed by atoms with E-state index in [1.54, 1.807) is 18.2 Å². The fourth-order valence-electron chi connectivity index (χ4n) is 3.43. The second kappa shape index (κ2) is 10.7. The number of nitro benzene ring substituents is 1. The van der Waals surface area contributed by atoms with Gasteiger partial charge in [0.1, 0.15) is 18.1 Å². The van der Waals surface area contributed by atoms with Crippen LogP contribution in [-0.2, 0) is 17.9 Å². The van der Waals surface area contributed by atoms with Gasteiger partial charge in [-0.05, 0) is 99.1 Å². The largest absolute Gasteiger partial charge is 0.487 e. The summed E-state index contributed by atoms with van der Waals surface area (Å²) < 4.78 is 7.62. The number of aryl methyl sites for hydroxylation is 1. The van der Waals surface area contributed by atoms with Gasteiger partial charge in [-0.2, -0.15) is 0 Å². The summed E-state index contributed by atoms with van der Waals surface area (Å²) in [7, 11) is 0. The normalized spacial score (nSPS) is 14.4. The van der Waals surface area contributed by atoms with Crippen molar-refractivity contribution < 1.29 is 19.2 Å². The molecule has 1 fully saturated rings. The lowest BCUT2D eigenvalue weighted by atomic mass is 10.1. The molecule has 3 aromatic carbocycles. The molecule has 1 heterocycles. The van der Waals surface area contributed by atoms with E-state index in [1.165, 1.54) is 17.0 Å². The average molecular weight is 695 g/mol. The summed E-state index contributed by atoms with van der Waals surface area (Å²) in [6.45, 7) is 2.44. The van der Waals surface area contributed by atoms with Gasteiger partial charge in [0.2, 0.25) is 0 Å². The number of carbonyl (C=O) groups excluding carboxylic acids is 2. The van der Waals surface area contributed by atoms with E-state index in [0.717, 1.165) is 29.4 Å². The molecule has 35 heavy (non-hydrogen) atoms. The molecule has 0 aromatic heterocycles. The SMILES string of the molecule is Cc1ccc(CN2C(=O)N/C(=C/c3cc(I)c(OCc4ccc([N+](=O)[O-])cc4)c(I)c3)C2=O)cc1. The van der Waals surface area contributed by atoms with E-state index in [0.29, 0.717) is 5.75 Å². The van der Waals surface area contributed by atoms with E-state index in [2.05, 4.69) is 50.5 Å². The number of imide groups is 1. The Morgan fingerprint density at radius 2 is 1.60 bits per heavy atom. The molecule has 0 radical (unpaired) electrons. The second-order valence-corrected chi connectivity index (χ2v) is 10.2. The van der Waals surface area contributed by atoms with Gasteiger partial charge in [-0.15, -0.1) is 0 Å². The van der Waals surface area contributed by atoms with Crippen molar-refractivity contribution in [1.29, 1.82) is 0 Å². The minimum absolute atomic E-state index is 0.0290. The second-order valence-electron chi connectivity index (χ2n) is 7.89. The number of carbonyl (C=O) groups is 2. The van der Waals surface area contributed by atoms with Crippen molar-refractivity contribution >= 4 is 68.9 Å². The number of rotatable bonds is 7. The Bertz CT molecular complexity index is 1320. The molecule has 1 aliphatic rings. The summed E-state index contributed by atoms with van der Waals surface area (Å²) in [6.07, 6.45) is 1.65. The van der Waals surface area contributed by atoms with Crippen LogP contribution in [-0.4, -0.2) is 21.8 Å². The Morgan fingerprint density at radius 1 is 1.00 bits per heavy atom. The molecule has 10 heteroatoms. The Balaban J connectivity index is 1.47. The molecular weight excluding hydrogens is 676 g/mol. The van der Waals surface area contributed by atoms with Crippen molar-refractivity contribution in [3.05, 3.63) is 106 Å². The van der Waals surface area contributed by atoms with Gasteiger partial charge in [0.25, 0.3) is 11.6 Å². The molecule has 178 valence electrons. The number of hydrogen-bond acceptors (Lipinski definition) is 5. The molecule has 0 aliphatic carbocycles. The number of amides is 3. The number of nitro groups is 1. The van der Waals surface area contributed by atoms with Gasteiger partial charge in [0.15, 0.2) is 0 Å². The number of nitrogens with zero attached hydrogens (tertiary/aromatic N) is 2. The summed E-state index contributed by atoms with van der Waals surface area (Å²) >= 11 is 4.31. The smallest absolute Gasteiger partial charge is 0.329 e. The number of benzene rings is 3. The maximum atomic E-state index is 12.9. The van der Waals surface area contributed by atoms with E-state index >= 15 is 0 Å². The molecule has 3 amide bonds. The third-order valence-electron chi connectivity index (χ3n) is 5.29. The van der Waals surface area contributed by atoms with Crippen LogP contribution in [0.2, 0.25) is 0 Å². The summed E-state index contributed by atoms with van der Waals surface area (Å²) in [4.78, 5) is 36.8. The minimum Gasteiger partial charge on any atom is -0.487 e. The van der Waals surface area contributed by atoms with Crippen molar-refractivity contribution in [3.63, 3.8) is 0 Å². The number of urea groups is 1. The van der Waals surface area contributed by atoms with Crippen LogP contribution < -0.4 is 10.1 Å². The van der Waals surface area contributed by atoms with Crippen LogP contribution >= 0.6 is 45.2 Å². The Kier molecular flexibility index (Phi) is 7.69. The quantitative estimate of drug-likeness (QED) is 0.111. The molecule has 1 N–H and O–H groups in total. The first-order valence-electron chi connectivity index (χ1n) is 10.5. The molecule has 0 bridgehead atoms. The number of nitrogens with one attached hydrogen (secondary N) is 1. The van der Waals surface area contributed by atoms with Gasteiger partial charge in [-0.25, -0.2) is 4.79 Å². The summed E-state index contributed by atoms with van der Waals surface area (Å²) in [5.41, 5.74) is 3.79. The zero-order valence-electron chi connectivity index (χ0n) is 18.5. The first-order valence-corrected chi connectivity index (χ1v) is 12.6. The van der Waals surface area contributed by atoms with E-state index in [4.69, 9.17) is 4.74 Å². The Labute approximate surface area is 228 Å². The molecule has 0 spiro atoms. The van der Waals surface area contributed by atoms with Gasteiger partial charge in [-0.1, -0.05) is 29.8 Å². The molecule has 4 rings (SSSR count). The standard InChI is InChI=1S/C25H19I2N3O5/c1-15-2-4-16(5-3-15)13-29-24(31)22(28-25(29)32)12-18-10-20(26)23(21(27)11-18)35-14-17-6-8-19(9-7-17)30(33)34/h2-12H,13-14H2,1H3,(H,28,32)/b22-12+. The first-order chi connectivity index (χ1) is 16.7. The third kappa shape index (κ3) is 5.99. The molecule has 1 aliphatic heterocycles. The number of hydrogen-bond donors (Lipinski definition) is 1. The van der Waals surface area contributed by atoms with Crippen molar-refractivity contribution in [2.75, 3.05) is 0 Å². The molecule has 1 saturated heterocycles. The summed E-state index contributed by atoms with van der Waals surface area (Å²) in [5, 5.41) is 13.5. The topological polar surface area (TPSA) is 102 Å². The van der Waals surface area contributed by atoms with Gasteiger partial charge in [-0.3, -0.25) is 19.8 Å². The zero-order valence-corrected chi connectivity index (χ0v) is 22.8. The molecular formula is C25H19I2N3O5. The fourth-order valence-corrected chi connectivity index (χ4v) is 5.56. The van der Waals surface area contributed by atoms with Crippen LogP contribution in [0.4, 0.5) is 10.5 Å². The van der Waals surface area contributed by atoms with Crippen molar-refractivity contribution in [2.24, 2.45) is 0 Å². The highest BCUT2D eigenvalue weighted by Crippen LogP contribution is 2.31. The van der Waals surface area contributed by atoms with Crippen LogP contribution in [0, 0.1) is 24.2 Å². The third-order valence-corrected chi connectivity index (χ3v) is 6.89. The fraction of sp³-hybridized carbons (Fsp3) is 0.120. The highest BCUT2D eigenvalue weighted by Gasteiger charge is 2.33. The van der Waals surface area contributed by atoms with E-state index < -0.39 is 11.0 Å². The highest BCUT2D eigenvalue weighted by atomic mass is 127. The average Bonchev–Trinajstić information content (AvgIpc) is 3.07. The molecule has 0 atom stereocenters. The van der Waals surface area contributed by atoms with E-state index in [1.807, 2.05) is 43.3 Å². The minimum atomic E-state index is -0.450. The maximum absolute atomic E-state index is 12.9. The maximum Gasteiger partial charge on any atom is 0.329 e. The lowest BCUT2D eigenvalue weighted by Crippen LogP contribution is -2.30. The van der Waals surface area contributed by atoms with Gasteiger partial charge in [0.05, 0.1) is 18.6 Å². The van der Waals surface area contributed by atoms with E-state index in [9.17, 15) is 19.7 Å². The first kappa shape index (κ1) is 25.1. The number of non-ortho nitro benzene ring substituents is 1. The number of halogens is 2. The monoisotopic (exact) mass is 695 g/mol. The van der Waals surface area contributed by atoms with Crippen LogP contribution in [0.5, 0.6) is 5.75 Å². The van der Waals surface area contributed by atoms with Crippen molar-refractivity contribution in [3.8, 4) is 5.75 Å². The zero-order chi connectivity index (χ0) is 25.1.